The Hall–Kier alpha value is -2.16. The smallest absolute Gasteiger partial charge is 0.413 e. The van der Waals surface area contributed by atoms with Crippen LogP contribution in [0.4, 0.5) is 14.9 Å². The first-order valence-corrected chi connectivity index (χ1v) is 11.2. The van der Waals surface area contributed by atoms with E-state index in [1.54, 1.807) is 41.5 Å². The number of fused-ring (bicyclic) bond motifs is 1. The first-order valence-electron chi connectivity index (χ1n) is 9.58. The van der Waals surface area contributed by atoms with Gasteiger partial charge in [0, 0.05) is 17.8 Å². The van der Waals surface area contributed by atoms with Crippen molar-refractivity contribution in [1.29, 1.82) is 0 Å². The van der Waals surface area contributed by atoms with Gasteiger partial charge in [-0.05, 0) is 66.2 Å². The molecule has 2 aliphatic rings. The van der Waals surface area contributed by atoms with E-state index < -0.39 is 42.8 Å². The van der Waals surface area contributed by atoms with E-state index in [0.29, 0.717) is 18.7 Å². The van der Waals surface area contributed by atoms with Crippen molar-refractivity contribution in [2.45, 2.75) is 69.1 Å². The SMILES string of the molecule is CC(C)(C)OC(=O)NC1=N[C@](C)(c2cc(N)ccc2F)[C@H]2CCN=[S@@]2(=O)C1(C)C. The number of benzene rings is 1. The molecule has 7 nitrogen and oxygen atoms in total. The van der Waals surface area contributed by atoms with Crippen LogP contribution in [-0.2, 0) is 20.0 Å². The molecule has 9 heteroatoms. The number of nitrogen functional groups attached to an aromatic ring is 1. The summed E-state index contributed by atoms with van der Waals surface area (Å²) in [5.41, 5.74) is 4.61. The Kier molecular flexibility index (Phi) is 4.97. The summed E-state index contributed by atoms with van der Waals surface area (Å²) in [4.78, 5) is 17.2. The van der Waals surface area contributed by atoms with Crippen LogP contribution < -0.4 is 11.1 Å². The molecule has 0 aliphatic carbocycles. The summed E-state index contributed by atoms with van der Waals surface area (Å²) in [6.07, 6.45) is -0.199. The number of carbonyl (C=O) groups is 1. The number of hydrogen-bond donors (Lipinski definition) is 2. The molecular formula is C20H29FN4O3S. The predicted molar refractivity (Wildman–Crippen MR) is 113 cm³/mol. The van der Waals surface area contributed by atoms with Crippen molar-refractivity contribution < 1.29 is 18.1 Å². The first kappa shape index (κ1) is 21.5. The maximum Gasteiger partial charge on any atom is 0.413 e. The van der Waals surface area contributed by atoms with E-state index in [1.807, 2.05) is 0 Å². The van der Waals surface area contributed by atoms with Crippen LogP contribution in [0, 0.1) is 5.82 Å². The number of anilines is 1. The molecule has 29 heavy (non-hydrogen) atoms. The van der Waals surface area contributed by atoms with Crippen molar-refractivity contribution in [3.8, 4) is 0 Å². The molecule has 1 aromatic carbocycles. The van der Waals surface area contributed by atoms with Crippen molar-refractivity contribution >= 4 is 27.3 Å². The molecule has 0 saturated heterocycles. The van der Waals surface area contributed by atoms with Crippen molar-refractivity contribution in [2.75, 3.05) is 12.3 Å². The Morgan fingerprint density at radius 1 is 1.34 bits per heavy atom. The van der Waals surface area contributed by atoms with Crippen LogP contribution in [0.15, 0.2) is 27.6 Å². The summed E-state index contributed by atoms with van der Waals surface area (Å²) in [6.45, 7) is 10.8. The Bertz CT molecular complexity index is 1010. The number of alkyl carbamates (subject to hydrolysis) is 1. The van der Waals surface area contributed by atoms with Crippen molar-refractivity contribution in [2.24, 2.45) is 9.36 Å². The van der Waals surface area contributed by atoms with Gasteiger partial charge in [-0.2, -0.15) is 0 Å². The number of nitrogens with zero attached hydrogens (tertiary/aromatic N) is 2. The molecule has 3 N–H and O–H groups in total. The van der Waals surface area contributed by atoms with Gasteiger partial charge in [0.1, 0.15) is 27.5 Å². The molecule has 2 heterocycles. The quantitative estimate of drug-likeness (QED) is 0.672. The van der Waals surface area contributed by atoms with Gasteiger partial charge in [-0.15, -0.1) is 0 Å². The van der Waals surface area contributed by atoms with Crippen LogP contribution >= 0.6 is 0 Å². The zero-order chi connectivity index (χ0) is 21.8. The Labute approximate surface area is 171 Å². The summed E-state index contributed by atoms with van der Waals surface area (Å²) < 4.78 is 37.7. The van der Waals surface area contributed by atoms with E-state index in [4.69, 9.17) is 15.5 Å². The molecular weight excluding hydrogens is 395 g/mol. The molecule has 2 aliphatic heterocycles. The van der Waals surface area contributed by atoms with E-state index in [1.165, 1.54) is 18.2 Å². The molecule has 0 unspecified atom stereocenters. The molecule has 3 atom stereocenters. The Morgan fingerprint density at radius 2 is 2.00 bits per heavy atom. The number of nitrogens with one attached hydrogen (secondary N) is 1. The highest BCUT2D eigenvalue weighted by atomic mass is 32.2. The highest BCUT2D eigenvalue weighted by Gasteiger charge is 2.57. The van der Waals surface area contributed by atoms with E-state index >= 15 is 0 Å². The number of hydrogen-bond acceptors (Lipinski definition) is 6. The van der Waals surface area contributed by atoms with Crippen LogP contribution in [0.1, 0.15) is 53.5 Å². The molecule has 0 bridgehead atoms. The summed E-state index contributed by atoms with van der Waals surface area (Å²) >= 11 is 0. The maximum absolute atomic E-state index is 14.8. The third kappa shape index (κ3) is 3.49. The highest BCUT2D eigenvalue weighted by Crippen LogP contribution is 2.48. The average molecular weight is 425 g/mol. The number of halogens is 1. The van der Waals surface area contributed by atoms with Gasteiger partial charge in [0.15, 0.2) is 0 Å². The van der Waals surface area contributed by atoms with Gasteiger partial charge < -0.3 is 10.5 Å². The van der Waals surface area contributed by atoms with Gasteiger partial charge in [0.25, 0.3) is 0 Å². The van der Waals surface area contributed by atoms with E-state index in [9.17, 15) is 13.4 Å². The number of rotatable bonds is 1. The molecule has 1 amide bonds. The van der Waals surface area contributed by atoms with Crippen molar-refractivity contribution in [3.63, 3.8) is 0 Å². The van der Waals surface area contributed by atoms with Crippen molar-refractivity contribution in [3.05, 3.63) is 29.6 Å². The normalized spacial score (nSPS) is 30.7. The van der Waals surface area contributed by atoms with E-state index in [0.717, 1.165) is 0 Å². The zero-order valence-corrected chi connectivity index (χ0v) is 18.5. The lowest BCUT2D eigenvalue weighted by molar-refractivity contribution is 0.0560. The second-order valence-electron chi connectivity index (χ2n) is 9.18. The van der Waals surface area contributed by atoms with Gasteiger partial charge in [-0.1, -0.05) is 0 Å². The largest absolute Gasteiger partial charge is 0.444 e. The second-order valence-corrected chi connectivity index (χ2v) is 12.2. The minimum Gasteiger partial charge on any atom is -0.444 e. The Morgan fingerprint density at radius 3 is 2.62 bits per heavy atom. The zero-order valence-electron chi connectivity index (χ0n) is 17.7. The number of aliphatic imine (C=N–C) groups is 1. The fourth-order valence-electron chi connectivity index (χ4n) is 3.98. The van der Waals surface area contributed by atoms with Gasteiger partial charge in [0.05, 0.1) is 15.0 Å². The summed E-state index contributed by atoms with van der Waals surface area (Å²) in [5.74, 6) is -0.321. The lowest BCUT2D eigenvalue weighted by Crippen LogP contribution is -2.60. The average Bonchev–Trinajstić information content (AvgIpc) is 2.98. The van der Waals surface area contributed by atoms with Crippen LogP contribution in [0.2, 0.25) is 0 Å². The Balaban J connectivity index is 2.18. The minimum atomic E-state index is -2.88. The van der Waals surface area contributed by atoms with E-state index in [2.05, 4.69) is 9.68 Å². The number of amides is 1. The highest BCUT2D eigenvalue weighted by molar-refractivity contribution is 7.96. The number of nitrogens with two attached hydrogens (primary N) is 1. The molecule has 1 aromatic rings. The molecule has 0 radical (unpaired) electrons. The third-order valence-corrected chi connectivity index (χ3v) is 9.18. The lowest BCUT2D eigenvalue weighted by Gasteiger charge is -2.45. The lowest BCUT2D eigenvalue weighted by atomic mass is 9.86. The van der Waals surface area contributed by atoms with Gasteiger partial charge >= 0.3 is 6.09 Å². The molecule has 0 spiro atoms. The van der Waals surface area contributed by atoms with E-state index in [-0.39, 0.29) is 11.4 Å². The molecule has 0 saturated carbocycles. The topological polar surface area (TPSA) is 106 Å². The maximum atomic E-state index is 14.8. The minimum absolute atomic E-state index is 0.169. The fraction of sp³-hybridized carbons (Fsp3) is 0.600. The monoisotopic (exact) mass is 424 g/mol. The third-order valence-electron chi connectivity index (χ3n) is 5.49. The van der Waals surface area contributed by atoms with Gasteiger partial charge in [-0.3, -0.25) is 10.3 Å². The first-order chi connectivity index (χ1) is 13.2. The van der Waals surface area contributed by atoms with Crippen LogP contribution in [-0.4, -0.2) is 38.3 Å². The molecule has 0 fully saturated rings. The van der Waals surface area contributed by atoms with Gasteiger partial charge in [0.2, 0.25) is 0 Å². The van der Waals surface area contributed by atoms with Crippen LogP contribution in [0.3, 0.4) is 0 Å². The predicted octanol–water partition coefficient (Wildman–Crippen LogP) is 3.58. The fourth-order valence-corrected chi connectivity index (χ4v) is 7.18. The number of carbonyl (C=O) groups excluding carboxylic acids is 1. The standard InChI is InChI=1S/C20H29FN4O3S/c1-18(2,3)28-17(26)24-16-19(4,5)29(27)15(9-10-23-29)20(6,25-16)13-11-12(22)7-8-14(13)21/h7-8,11,15H,9-10,22H2,1-6H3,(H,24,25,26)/t15-,20-,29+/m1/s1. The summed E-state index contributed by atoms with van der Waals surface area (Å²) in [7, 11) is -2.88. The molecule has 160 valence electrons. The van der Waals surface area contributed by atoms with Crippen LogP contribution in [0.25, 0.3) is 0 Å². The second kappa shape index (κ2) is 6.68. The van der Waals surface area contributed by atoms with Gasteiger partial charge in [-0.25, -0.2) is 17.8 Å². The molecule has 0 aromatic heterocycles. The summed E-state index contributed by atoms with van der Waals surface area (Å²) in [6, 6.07) is 4.26. The van der Waals surface area contributed by atoms with Crippen LogP contribution in [0.5, 0.6) is 0 Å². The number of amidine groups is 1. The molecule has 3 rings (SSSR count). The summed E-state index contributed by atoms with van der Waals surface area (Å²) in [5, 5.41) is 2.15. The van der Waals surface area contributed by atoms with Crippen molar-refractivity contribution in [1.82, 2.24) is 5.32 Å². The number of ether oxygens (including phenoxy) is 1.